The van der Waals surface area contributed by atoms with E-state index in [2.05, 4.69) is 15.3 Å². The lowest BCUT2D eigenvalue weighted by molar-refractivity contribution is -0.0925. The number of benzene rings is 1. The normalized spacial score (nSPS) is 22.8. The molecule has 4 heterocycles. The highest BCUT2D eigenvalue weighted by atomic mass is 19.4. The van der Waals surface area contributed by atoms with Crippen LogP contribution in [-0.4, -0.2) is 47.1 Å². The zero-order valence-corrected chi connectivity index (χ0v) is 21.4. The van der Waals surface area contributed by atoms with Crippen LogP contribution in [0.25, 0.3) is 16.9 Å². The molecule has 5 rings (SSSR count). The van der Waals surface area contributed by atoms with Gasteiger partial charge in [0.1, 0.15) is 23.0 Å². The topological polar surface area (TPSA) is 50.9 Å². The maximum atomic E-state index is 15.8. The van der Waals surface area contributed by atoms with Crippen molar-refractivity contribution >= 4 is 11.4 Å². The molecule has 0 aliphatic carbocycles. The minimum Gasteiger partial charge on any atom is -0.375 e. The molecule has 0 amide bonds. The number of aliphatic imine (C=N–C) groups is 1. The van der Waals surface area contributed by atoms with E-state index in [1.807, 2.05) is 25.3 Å². The molecule has 0 radical (unpaired) electrons. The number of imidazole rings is 1. The molecule has 38 heavy (non-hydrogen) atoms. The largest absolute Gasteiger partial charge is 0.433 e. The molecule has 0 saturated carbocycles. The number of allylic oxidation sites excluding steroid dienone is 2. The van der Waals surface area contributed by atoms with Gasteiger partial charge in [-0.2, -0.15) is 13.2 Å². The van der Waals surface area contributed by atoms with E-state index in [-0.39, 0.29) is 41.0 Å². The van der Waals surface area contributed by atoms with Crippen molar-refractivity contribution in [3.05, 3.63) is 70.7 Å². The Bertz CT molecular complexity index is 1400. The maximum Gasteiger partial charge on any atom is 0.433 e. The van der Waals surface area contributed by atoms with Crippen LogP contribution < -0.4 is 5.32 Å². The van der Waals surface area contributed by atoms with Gasteiger partial charge in [-0.05, 0) is 49.1 Å². The second kappa shape index (κ2) is 10.2. The number of fused-ring (bicyclic) bond motifs is 1. The summed E-state index contributed by atoms with van der Waals surface area (Å²) in [5, 5.41) is 3.26. The number of hydrogen-bond acceptors (Lipinski definition) is 4. The summed E-state index contributed by atoms with van der Waals surface area (Å²) in [7, 11) is 0. The van der Waals surface area contributed by atoms with E-state index in [9.17, 15) is 13.2 Å². The predicted octanol–water partition coefficient (Wildman–Crippen LogP) is 6.03. The van der Waals surface area contributed by atoms with Crippen LogP contribution in [0.5, 0.6) is 0 Å². The first-order chi connectivity index (χ1) is 18.0. The second-order valence-electron chi connectivity index (χ2n) is 10.1. The van der Waals surface area contributed by atoms with E-state index < -0.39 is 29.4 Å². The monoisotopic (exact) mass is 532 g/mol. The van der Waals surface area contributed by atoms with Crippen molar-refractivity contribution in [2.24, 2.45) is 16.8 Å². The zero-order chi connectivity index (χ0) is 27.2. The molecule has 1 aromatic carbocycles. The van der Waals surface area contributed by atoms with Crippen molar-refractivity contribution < 1.29 is 26.7 Å². The highest BCUT2D eigenvalue weighted by molar-refractivity contribution is 6.03. The van der Waals surface area contributed by atoms with Gasteiger partial charge in [-0.25, -0.2) is 18.8 Å². The predicted molar refractivity (Wildman–Crippen MR) is 135 cm³/mol. The van der Waals surface area contributed by atoms with Crippen LogP contribution >= 0.6 is 0 Å². The minimum atomic E-state index is -4.66. The van der Waals surface area contributed by atoms with E-state index in [0.29, 0.717) is 30.9 Å². The first-order valence-electron chi connectivity index (χ1n) is 12.7. The molecular weight excluding hydrogens is 503 g/mol. The van der Waals surface area contributed by atoms with Crippen LogP contribution in [0, 0.1) is 30.4 Å². The quantitative estimate of drug-likeness (QED) is 0.418. The lowest BCUT2D eigenvalue weighted by Crippen LogP contribution is -2.39. The highest BCUT2D eigenvalue weighted by Gasteiger charge is 2.37. The maximum absolute atomic E-state index is 15.8. The SMILES string of the molecule is Cc1ccn2c(C[C@H]3CNCCO3)c(-c3c(F)cc(C4=NC(C(F)(F)F)=CCC(C)C4C)cc3F)nc2c1. The molecule has 1 saturated heterocycles. The van der Waals surface area contributed by atoms with Crippen LogP contribution in [0.1, 0.15) is 37.1 Å². The van der Waals surface area contributed by atoms with Crippen molar-refractivity contribution in [3.63, 3.8) is 0 Å². The van der Waals surface area contributed by atoms with Gasteiger partial charge >= 0.3 is 6.18 Å². The van der Waals surface area contributed by atoms with Crippen molar-refractivity contribution in [3.8, 4) is 11.3 Å². The molecular formula is C28H29F5N4O. The lowest BCUT2D eigenvalue weighted by atomic mass is 9.86. The average molecular weight is 533 g/mol. The van der Waals surface area contributed by atoms with E-state index in [0.717, 1.165) is 30.3 Å². The molecule has 202 valence electrons. The van der Waals surface area contributed by atoms with Gasteiger partial charge < -0.3 is 14.5 Å². The molecule has 3 atom stereocenters. The minimum absolute atomic E-state index is 0.00968. The van der Waals surface area contributed by atoms with Gasteiger partial charge in [-0.15, -0.1) is 0 Å². The fourth-order valence-corrected chi connectivity index (χ4v) is 5.06. The molecule has 2 aliphatic rings. The second-order valence-corrected chi connectivity index (χ2v) is 10.1. The van der Waals surface area contributed by atoms with E-state index >= 15 is 8.78 Å². The molecule has 0 bridgehead atoms. The van der Waals surface area contributed by atoms with Gasteiger partial charge in [0.2, 0.25) is 0 Å². The Hall–Kier alpha value is -3.11. The number of aryl methyl sites for hydroxylation is 1. The third-order valence-corrected chi connectivity index (χ3v) is 7.38. The Balaban J connectivity index is 1.62. The smallest absolute Gasteiger partial charge is 0.375 e. The fraction of sp³-hybridized carbons (Fsp3) is 0.429. The molecule has 1 fully saturated rings. The van der Waals surface area contributed by atoms with Crippen molar-refractivity contribution in [2.75, 3.05) is 19.7 Å². The number of halogens is 5. The summed E-state index contributed by atoms with van der Waals surface area (Å²) in [6.45, 7) is 7.27. The van der Waals surface area contributed by atoms with Gasteiger partial charge in [-0.3, -0.25) is 0 Å². The third kappa shape index (κ3) is 5.11. The average Bonchev–Trinajstić information content (AvgIpc) is 3.10. The summed E-state index contributed by atoms with van der Waals surface area (Å²) in [5.41, 5.74) is 0.842. The van der Waals surface area contributed by atoms with Crippen LogP contribution in [-0.2, 0) is 11.2 Å². The van der Waals surface area contributed by atoms with Crippen LogP contribution in [0.4, 0.5) is 22.0 Å². The van der Waals surface area contributed by atoms with E-state index in [4.69, 9.17) is 4.74 Å². The van der Waals surface area contributed by atoms with E-state index in [1.54, 1.807) is 18.2 Å². The standard InChI is InChI=1S/C28H29F5N4O/c1-15-6-8-37-22(13-19-14-34-7-9-38-19)27(36-24(37)10-15)25-20(29)11-18(12-21(25)30)26-17(3)16(2)4-5-23(35-26)28(31,32)33/h5-6,8,10-12,16-17,19,34H,4,7,9,13-14H2,1-3H3/t16?,17?,19-/m0/s1. The summed E-state index contributed by atoms with van der Waals surface area (Å²) < 4.78 is 79.7. The highest BCUT2D eigenvalue weighted by Crippen LogP contribution is 2.36. The number of pyridine rings is 1. The Morgan fingerprint density at radius 3 is 2.53 bits per heavy atom. The molecule has 0 spiro atoms. The molecule has 1 N–H and O–H groups in total. The number of rotatable bonds is 4. The summed E-state index contributed by atoms with van der Waals surface area (Å²) in [6, 6.07) is 5.84. The number of aromatic nitrogens is 2. The first kappa shape index (κ1) is 26.5. The molecule has 10 heteroatoms. The Morgan fingerprint density at radius 2 is 1.87 bits per heavy atom. The van der Waals surface area contributed by atoms with Crippen LogP contribution in [0.15, 0.2) is 47.2 Å². The zero-order valence-electron chi connectivity index (χ0n) is 21.4. The van der Waals surface area contributed by atoms with Gasteiger partial charge in [0.25, 0.3) is 0 Å². The molecule has 5 nitrogen and oxygen atoms in total. The summed E-state index contributed by atoms with van der Waals surface area (Å²) in [4.78, 5) is 8.43. The van der Waals surface area contributed by atoms with Gasteiger partial charge in [0.15, 0.2) is 0 Å². The fourth-order valence-electron chi connectivity index (χ4n) is 5.06. The first-order valence-corrected chi connectivity index (χ1v) is 12.7. The summed E-state index contributed by atoms with van der Waals surface area (Å²) >= 11 is 0. The van der Waals surface area contributed by atoms with E-state index in [1.165, 1.54) is 0 Å². The van der Waals surface area contributed by atoms with Crippen molar-refractivity contribution in [2.45, 2.75) is 45.9 Å². The molecule has 2 aromatic heterocycles. The summed E-state index contributed by atoms with van der Waals surface area (Å²) in [6.07, 6.45) is -1.48. The molecule has 3 aromatic rings. The van der Waals surface area contributed by atoms with Crippen molar-refractivity contribution in [1.82, 2.24) is 14.7 Å². The number of nitrogens with one attached hydrogen (secondary N) is 1. The van der Waals surface area contributed by atoms with Gasteiger partial charge in [0, 0.05) is 37.2 Å². The Kier molecular flexibility index (Phi) is 7.13. The summed E-state index contributed by atoms with van der Waals surface area (Å²) in [5.74, 6) is -2.46. The number of hydrogen-bond donors (Lipinski definition) is 1. The van der Waals surface area contributed by atoms with Crippen LogP contribution in [0.3, 0.4) is 0 Å². The van der Waals surface area contributed by atoms with Gasteiger partial charge in [-0.1, -0.05) is 19.9 Å². The number of alkyl halides is 3. The molecule has 2 unspecified atom stereocenters. The lowest BCUT2D eigenvalue weighted by Gasteiger charge is -2.24. The number of morpholine rings is 1. The number of ether oxygens (including phenoxy) is 1. The Labute approximate surface area is 217 Å². The number of nitrogens with zero attached hydrogens (tertiary/aromatic N) is 3. The molecule has 2 aliphatic heterocycles. The Morgan fingerprint density at radius 1 is 1.13 bits per heavy atom. The third-order valence-electron chi connectivity index (χ3n) is 7.38. The van der Waals surface area contributed by atoms with Crippen LogP contribution in [0.2, 0.25) is 0 Å². The van der Waals surface area contributed by atoms with Gasteiger partial charge in [0.05, 0.1) is 35.4 Å². The van der Waals surface area contributed by atoms with Crippen molar-refractivity contribution in [1.29, 1.82) is 0 Å².